The van der Waals surface area contributed by atoms with Crippen molar-refractivity contribution in [2.75, 3.05) is 5.32 Å². The molecular formula is C21H16N2O3. The van der Waals surface area contributed by atoms with Gasteiger partial charge in [-0.3, -0.25) is 9.59 Å². The van der Waals surface area contributed by atoms with Crippen molar-refractivity contribution in [3.63, 3.8) is 0 Å². The fourth-order valence-electron chi connectivity index (χ4n) is 3.10. The second-order valence-electron chi connectivity index (χ2n) is 6.09. The summed E-state index contributed by atoms with van der Waals surface area (Å²) in [4.78, 5) is 23.5. The minimum atomic E-state index is -0.500. The lowest BCUT2D eigenvalue weighted by atomic mass is 10.0. The summed E-state index contributed by atoms with van der Waals surface area (Å²) >= 11 is 0. The van der Waals surface area contributed by atoms with Crippen molar-refractivity contribution in [1.29, 1.82) is 0 Å². The molecule has 0 aliphatic carbocycles. The quantitative estimate of drug-likeness (QED) is 0.589. The van der Waals surface area contributed by atoms with Crippen LogP contribution in [0.3, 0.4) is 0 Å². The zero-order valence-electron chi connectivity index (χ0n) is 13.9. The normalized spacial score (nSPS) is 10.9. The van der Waals surface area contributed by atoms with Crippen LogP contribution in [0, 0.1) is 0 Å². The largest absolute Gasteiger partial charge is 0.464 e. The summed E-state index contributed by atoms with van der Waals surface area (Å²) in [7, 11) is 0. The molecule has 5 heteroatoms. The fourth-order valence-corrected chi connectivity index (χ4v) is 3.10. The first-order chi connectivity index (χ1) is 12.6. The Bertz CT molecular complexity index is 1130. The molecule has 5 nitrogen and oxygen atoms in total. The summed E-state index contributed by atoms with van der Waals surface area (Å²) in [5.74, 6) is -0.660. The Morgan fingerprint density at radius 2 is 1.73 bits per heavy atom. The summed E-state index contributed by atoms with van der Waals surface area (Å²) in [5, 5.41) is 5.95. The van der Waals surface area contributed by atoms with E-state index < -0.39 is 5.91 Å². The highest BCUT2D eigenvalue weighted by Gasteiger charge is 2.13. The summed E-state index contributed by atoms with van der Waals surface area (Å²) in [6.45, 7) is 0. The zero-order chi connectivity index (χ0) is 18.1. The van der Waals surface area contributed by atoms with Gasteiger partial charge in [-0.25, -0.2) is 0 Å². The number of carbonyl (C=O) groups is 2. The third-order valence-electron chi connectivity index (χ3n) is 4.34. The van der Waals surface area contributed by atoms with Crippen LogP contribution in [-0.2, 0) is 11.2 Å². The van der Waals surface area contributed by atoms with E-state index in [0.717, 1.165) is 27.3 Å². The van der Waals surface area contributed by atoms with Crippen molar-refractivity contribution in [3.05, 3.63) is 78.1 Å². The number of furan rings is 1. The van der Waals surface area contributed by atoms with Gasteiger partial charge in [0.25, 0.3) is 0 Å². The van der Waals surface area contributed by atoms with Crippen LogP contribution < -0.4 is 11.1 Å². The van der Waals surface area contributed by atoms with Crippen molar-refractivity contribution in [2.45, 2.75) is 6.42 Å². The van der Waals surface area contributed by atoms with Gasteiger partial charge in [-0.15, -0.1) is 0 Å². The molecule has 1 aromatic heterocycles. The van der Waals surface area contributed by atoms with Crippen molar-refractivity contribution in [1.82, 2.24) is 0 Å². The molecule has 1 heterocycles. The first-order valence-electron chi connectivity index (χ1n) is 8.19. The lowest BCUT2D eigenvalue weighted by molar-refractivity contribution is -0.115. The summed E-state index contributed by atoms with van der Waals surface area (Å²) in [6, 6.07) is 18.4. The summed E-state index contributed by atoms with van der Waals surface area (Å²) < 4.78 is 5.62. The smallest absolute Gasteiger partial charge is 0.248 e. The van der Waals surface area contributed by atoms with Gasteiger partial charge in [-0.2, -0.15) is 0 Å². The lowest BCUT2D eigenvalue weighted by Crippen LogP contribution is -2.15. The number of fused-ring (bicyclic) bond motifs is 3. The van der Waals surface area contributed by atoms with E-state index in [1.807, 2.05) is 36.4 Å². The van der Waals surface area contributed by atoms with Gasteiger partial charge >= 0.3 is 0 Å². The van der Waals surface area contributed by atoms with Gasteiger partial charge in [-0.05, 0) is 41.1 Å². The standard InChI is InChI=1S/C21H16N2O3/c22-21(25)14-5-8-16(9-6-14)23-19(24)11-15-12-26-18-10-7-13-3-1-2-4-17(13)20(15)18/h1-10,12H,11H2,(H2,22,25)(H,23,24). The molecule has 0 saturated carbocycles. The van der Waals surface area contributed by atoms with Crippen LogP contribution in [0.4, 0.5) is 5.69 Å². The predicted octanol–water partition coefficient (Wildman–Crippen LogP) is 3.87. The Morgan fingerprint density at radius 3 is 2.50 bits per heavy atom. The van der Waals surface area contributed by atoms with Crippen molar-refractivity contribution < 1.29 is 14.0 Å². The number of carbonyl (C=O) groups excluding carboxylic acids is 2. The molecule has 4 aromatic rings. The number of primary amides is 1. The Hall–Kier alpha value is -3.60. The number of benzene rings is 3. The van der Waals surface area contributed by atoms with Gasteiger partial charge in [0, 0.05) is 22.2 Å². The van der Waals surface area contributed by atoms with E-state index in [1.54, 1.807) is 30.5 Å². The zero-order valence-corrected chi connectivity index (χ0v) is 13.9. The second kappa shape index (κ2) is 6.37. The maximum absolute atomic E-state index is 12.4. The number of hydrogen-bond acceptors (Lipinski definition) is 3. The molecule has 0 spiro atoms. The molecular weight excluding hydrogens is 328 g/mol. The summed E-state index contributed by atoms with van der Waals surface area (Å²) in [6.07, 6.45) is 1.82. The van der Waals surface area contributed by atoms with Gasteiger partial charge in [0.1, 0.15) is 5.58 Å². The van der Waals surface area contributed by atoms with Gasteiger partial charge in [0.2, 0.25) is 11.8 Å². The average molecular weight is 344 g/mol. The molecule has 3 aromatic carbocycles. The number of nitrogens with two attached hydrogens (primary N) is 1. The van der Waals surface area contributed by atoms with E-state index in [1.165, 1.54) is 0 Å². The van der Waals surface area contributed by atoms with Crippen molar-refractivity contribution >= 4 is 39.2 Å². The minimum absolute atomic E-state index is 0.160. The van der Waals surface area contributed by atoms with Gasteiger partial charge in [-0.1, -0.05) is 30.3 Å². The van der Waals surface area contributed by atoms with Crippen molar-refractivity contribution in [3.8, 4) is 0 Å². The summed E-state index contributed by atoms with van der Waals surface area (Å²) in [5.41, 5.74) is 7.82. The van der Waals surface area contributed by atoms with Crippen LogP contribution in [0.1, 0.15) is 15.9 Å². The molecule has 0 unspecified atom stereocenters. The molecule has 128 valence electrons. The third-order valence-corrected chi connectivity index (χ3v) is 4.34. The third kappa shape index (κ3) is 2.91. The van der Waals surface area contributed by atoms with Crippen LogP contribution in [-0.4, -0.2) is 11.8 Å². The number of rotatable bonds is 4. The highest BCUT2D eigenvalue weighted by Crippen LogP contribution is 2.30. The molecule has 0 aliphatic heterocycles. The molecule has 3 N–H and O–H groups in total. The van der Waals surface area contributed by atoms with Crippen LogP contribution in [0.25, 0.3) is 21.7 Å². The van der Waals surface area contributed by atoms with Gasteiger partial charge < -0.3 is 15.5 Å². The number of anilines is 1. The van der Waals surface area contributed by atoms with E-state index in [-0.39, 0.29) is 12.3 Å². The van der Waals surface area contributed by atoms with Crippen LogP contribution in [0.2, 0.25) is 0 Å². The maximum Gasteiger partial charge on any atom is 0.248 e. The monoisotopic (exact) mass is 344 g/mol. The molecule has 0 aliphatic rings. The lowest BCUT2D eigenvalue weighted by Gasteiger charge is -2.06. The minimum Gasteiger partial charge on any atom is -0.464 e. The van der Waals surface area contributed by atoms with Gasteiger partial charge in [0.05, 0.1) is 12.7 Å². The van der Waals surface area contributed by atoms with E-state index in [2.05, 4.69) is 5.32 Å². The topological polar surface area (TPSA) is 85.3 Å². The number of nitrogens with one attached hydrogen (secondary N) is 1. The van der Waals surface area contributed by atoms with Gasteiger partial charge in [0.15, 0.2) is 0 Å². The molecule has 0 fully saturated rings. The number of hydrogen-bond donors (Lipinski definition) is 2. The van der Waals surface area contributed by atoms with E-state index >= 15 is 0 Å². The van der Waals surface area contributed by atoms with Crippen LogP contribution in [0.15, 0.2) is 71.3 Å². The van der Waals surface area contributed by atoms with Crippen LogP contribution >= 0.6 is 0 Å². The van der Waals surface area contributed by atoms with E-state index in [4.69, 9.17) is 10.2 Å². The Balaban J connectivity index is 1.59. The first kappa shape index (κ1) is 15.9. The predicted molar refractivity (Wildman–Crippen MR) is 101 cm³/mol. The first-order valence-corrected chi connectivity index (χ1v) is 8.19. The highest BCUT2D eigenvalue weighted by atomic mass is 16.3. The molecule has 0 bridgehead atoms. The Labute approximate surface area is 149 Å². The Morgan fingerprint density at radius 1 is 0.962 bits per heavy atom. The maximum atomic E-state index is 12.4. The highest BCUT2D eigenvalue weighted by molar-refractivity contribution is 6.09. The van der Waals surface area contributed by atoms with E-state index in [9.17, 15) is 9.59 Å². The molecule has 26 heavy (non-hydrogen) atoms. The molecule has 0 saturated heterocycles. The van der Waals surface area contributed by atoms with Crippen molar-refractivity contribution in [2.24, 2.45) is 5.73 Å². The molecule has 0 atom stereocenters. The number of amides is 2. The van der Waals surface area contributed by atoms with Crippen LogP contribution in [0.5, 0.6) is 0 Å². The molecule has 4 rings (SSSR count). The molecule has 0 radical (unpaired) electrons. The second-order valence-corrected chi connectivity index (χ2v) is 6.09. The molecule has 2 amide bonds. The fraction of sp³-hybridized carbons (Fsp3) is 0.0476. The SMILES string of the molecule is NC(=O)c1ccc(NC(=O)Cc2coc3ccc4ccccc4c23)cc1. The average Bonchev–Trinajstić information content (AvgIpc) is 3.05. The van der Waals surface area contributed by atoms with E-state index in [0.29, 0.717) is 11.3 Å². The Kier molecular flexibility index (Phi) is 3.89.